The van der Waals surface area contributed by atoms with E-state index >= 15 is 0 Å². The first-order valence-corrected chi connectivity index (χ1v) is 6.38. The van der Waals surface area contributed by atoms with Gasteiger partial charge in [-0.3, -0.25) is 4.79 Å². The summed E-state index contributed by atoms with van der Waals surface area (Å²) in [4.78, 5) is 11.6. The lowest BCUT2D eigenvalue weighted by molar-refractivity contribution is -0.122. The van der Waals surface area contributed by atoms with Crippen LogP contribution in [0, 0.1) is 6.92 Å². The number of furan rings is 1. The van der Waals surface area contributed by atoms with Gasteiger partial charge < -0.3 is 15.1 Å². The topological polar surface area (TPSA) is 54.3 Å². The van der Waals surface area contributed by atoms with E-state index in [1.54, 1.807) is 0 Å². The molecule has 0 aliphatic heterocycles. The van der Waals surface area contributed by atoms with Crippen LogP contribution in [0.15, 0.2) is 16.5 Å². The Balaban J connectivity index is 2.27. The predicted octanol–water partition coefficient (Wildman–Crippen LogP) is 2.54. The molecule has 0 aliphatic carbocycles. The maximum Gasteiger partial charge on any atom is 0.221 e. The molecule has 4 nitrogen and oxygen atoms in total. The third kappa shape index (κ3) is 5.36. The highest BCUT2D eigenvalue weighted by molar-refractivity contribution is 5.76. The summed E-state index contributed by atoms with van der Waals surface area (Å²) in [6, 6.07) is 4.03. The largest absolute Gasteiger partial charge is 0.465 e. The molecule has 0 spiro atoms. The van der Waals surface area contributed by atoms with E-state index < -0.39 is 0 Å². The third-order valence-electron chi connectivity index (χ3n) is 2.50. The van der Waals surface area contributed by atoms with Crippen LogP contribution in [0.25, 0.3) is 0 Å². The Bertz CT molecular complexity index is 391. The van der Waals surface area contributed by atoms with Crippen molar-refractivity contribution in [3.05, 3.63) is 23.7 Å². The van der Waals surface area contributed by atoms with Crippen molar-refractivity contribution >= 4 is 5.91 Å². The van der Waals surface area contributed by atoms with E-state index in [1.165, 1.54) is 0 Å². The van der Waals surface area contributed by atoms with Crippen molar-refractivity contribution in [3.63, 3.8) is 0 Å². The summed E-state index contributed by atoms with van der Waals surface area (Å²) in [5.74, 6) is 1.88. The van der Waals surface area contributed by atoms with Gasteiger partial charge in [0.2, 0.25) is 5.91 Å². The number of carbonyl (C=O) groups excluding carboxylic acids is 1. The Morgan fingerprint density at radius 3 is 2.56 bits per heavy atom. The molecule has 4 heteroatoms. The summed E-state index contributed by atoms with van der Waals surface area (Å²) in [6.07, 6.45) is 0.474. The summed E-state index contributed by atoms with van der Waals surface area (Å²) in [5.41, 5.74) is -0.166. The normalized spacial score (nSPS) is 13.4. The van der Waals surface area contributed by atoms with Crippen LogP contribution in [-0.2, 0) is 4.79 Å². The number of hydrogen-bond donors (Lipinski definition) is 2. The zero-order valence-electron chi connectivity index (χ0n) is 12.0. The molecule has 1 heterocycles. The molecule has 102 valence electrons. The highest BCUT2D eigenvalue weighted by Crippen LogP contribution is 2.15. The van der Waals surface area contributed by atoms with Gasteiger partial charge in [-0.15, -0.1) is 0 Å². The van der Waals surface area contributed by atoms with Crippen LogP contribution in [0.2, 0.25) is 0 Å². The standard InChI is InChI=1S/C14H24N2O2/c1-10-6-7-12(18-10)11(2)15-9-8-13(17)16-14(3,4)5/h6-7,11,15H,8-9H2,1-5H3,(H,16,17). The van der Waals surface area contributed by atoms with E-state index in [0.717, 1.165) is 11.5 Å². The minimum atomic E-state index is -0.166. The van der Waals surface area contributed by atoms with Crippen molar-refractivity contribution in [2.24, 2.45) is 0 Å². The third-order valence-corrected chi connectivity index (χ3v) is 2.50. The smallest absolute Gasteiger partial charge is 0.221 e. The summed E-state index contributed by atoms with van der Waals surface area (Å²) in [5, 5.41) is 6.21. The Labute approximate surface area is 109 Å². The number of amides is 1. The van der Waals surface area contributed by atoms with Crippen molar-refractivity contribution < 1.29 is 9.21 Å². The molecule has 1 aromatic heterocycles. The van der Waals surface area contributed by atoms with Gasteiger partial charge in [0.25, 0.3) is 0 Å². The van der Waals surface area contributed by atoms with Gasteiger partial charge in [0.05, 0.1) is 6.04 Å². The lowest BCUT2D eigenvalue weighted by Gasteiger charge is -2.20. The first-order chi connectivity index (χ1) is 8.28. The fraction of sp³-hybridized carbons (Fsp3) is 0.643. The van der Waals surface area contributed by atoms with E-state index in [0.29, 0.717) is 13.0 Å². The van der Waals surface area contributed by atoms with Gasteiger partial charge in [-0.25, -0.2) is 0 Å². The molecule has 0 aromatic carbocycles. The molecule has 18 heavy (non-hydrogen) atoms. The average molecular weight is 252 g/mol. The molecule has 1 unspecified atom stereocenters. The summed E-state index contributed by atoms with van der Waals surface area (Å²) < 4.78 is 5.52. The molecule has 0 saturated carbocycles. The maximum absolute atomic E-state index is 11.6. The van der Waals surface area contributed by atoms with Crippen LogP contribution in [0.1, 0.15) is 51.7 Å². The van der Waals surface area contributed by atoms with Crippen LogP contribution in [-0.4, -0.2) is 18.0 Å². The highest BCUT2D eigenvalue weighted by Gasteiger charge is 2.14. The second kappa shape index (κ2) is 6.05. The van der Waals surface area contributed by atoms with Crippen LogP contribution in [0.5, 0.6) is 0 Å². The summed E-state index contributed by atoms with van der Waals surface area (Å²) in [6.45, 7) is 10.5. The molecule has 2 N–H and O–H groups in total. The average Bonchev–Trinajstić information content (AvgIpc) is 2.62. The molecule has 0 aliphatic rings. The Morgan fingerprint density at radius 2 is 2.06 bits per heavy atom. The molecule has 1 amide bonds. The molecule has 0 radical (unpaired) electrons. The molecule has 0 bridgehead atoms. The van der Waals surface area contributed by atoms with Crippen LogP contribution in [0.4, 0.5) is 0 Å². The van der Waals surface area contributed by atoms with Gasteiger partial charge in [-0.2, -0.15) is 0 Å². The van der Waals surface area contributed by atoms with Crippen molar-refractivity contribution in [1.29, 1.82) is 0 Å². The summed E-state index contributed by atoms with van der Waals surface area (Å²) >= 11 is 0. The Morgan fingerprint density at radius 1 is 1.39 bits per heavy atom. The molecule has 0 saturated heterocycles. The van der Waals surface area contributed by atoms with E-state index in [1.807, 2.05) is 46.8 Å². The van der Waals surface area contributed by atoms with Crippen LogP contribution < -0.4 is 10.6 Å². The SMILES string of the molecule is Cc1ccc(C(C)NCCC(=O)NC(C)(C)C)o1. The van der Waals surface area contributed by atoms with Crippen molar-refractivity contribution in [2.45, 2.75) is 52.6 Å². The van der Waals surface area contributed by atoms with Gasteiger partial charge in [-0.05, 0) is 46.8 Å². The van der Waals surface area contributed by atoms with Gasteiger partial charge >= 0.3 is 0 Å². The van der Waals surface area contributed by atoms with Crippen LogP contribution in [0.3, 0.4) is 0 Å². The van der Waals surface area contributed by atoms with Gasteiger partial charge in [-0.1, -0.05) is 0 Å². The fourth-order valence-corrected chi connectivity index (χ4v) is 1.67. The van der Waals surface area contributed by atoms with Crippen molar-refractivity contribution in [2.75, 3.05) is 6.54 Å². The Kier molecular flexibility index (Phi) is 4.96. The monoisotopic (exact) mass is 252 g/mol. The quantitative estimate of drug-likeness (QED) is 0.846. The van der Waals surface area contributed by atoms with Gasteiger partial charge in [0.15, 0.2) is 0 Å². The number of rotatable bonds is 5. The minimum Gasteiger partial charge on any atom is -0.465 e. The van der Waals surface area contributed by atoms with Gasteiger partial charge in [0, 0.05) is 18.5 Å². The molecule has 1 rings (SSSR count). The van der Waals surface area contributed by atoms with E-state index in [9.17, 15) is 4.79 Å². The van der Waals surface area contributed by atoms with Crippen molar-refractivity contribution in [3.8, 4) is 0 Å². The van der Waals surface area contributed by atoms with E-state index in [-0.39, 0.29) is 17.5 Å². The van der Waals surface area contributed by atoms with Crippen molar-refractivity contribution in [1.82, 2.24) is 10.6 Å². The predicted molar refractivity (Wildman–Crippen MR) is 72.4 cm³/mol. The Hall–Kier alpha value is -1.29. The lowest BCUT2D eigenvalue weighted by Crippen LogP contribution is -2.41. The molecular weight excluding hydrogens is 228 g/mol. The maximum atomic E-state index is 11.6. The van der Waals surface area contributed by atoms with E-state index in [4.69, 9.17) is 4.42 Å². The highest BCUT2D eigenvalue weighted by atomic mass is 16.3. The fourth-order valence-electron chi connectivity index (χ4n) is 1.67. The first-order valence-electron chi connectivity index (χ1n) is 6.38. The zero-order valence-corrected chi connectivity index (χ0v) is 12.0. The lowest BCUT2D eigenvalue weighted by atomic mass is 10.1. The number of nitrogens with one attached hydrogen (secondary N) is 2. The second-order valence-electron chi connectivity index (χ2n) is 5.67. The van der Waals surface area contributed by atoms with Gasteiger partial charge in [0.1, 0.15) is 11.5 Å². The zero-order chi connectivity index (χ0) is 13.8. The molecule has 1 aromatic rings. The number of hydrogen-bond acceptors (Lipinski definition) is 3. The number of aryl methyl sites for hydroxylation is 1. The molecule has 1 atom stereocenters. The number of carbonyl (C=O) groups is 1. The molecular formula is C14H24N2O2. The van der Waals surface area contributed by atoms with E-state index in [2.05, 4.69) is 10.6 Å². The van der Waals surface area contributed by atoms with Crippen LogP contribution >= 0.6 is 0 Å². The first kappa shape index (κ1) is 14.8. The molecule has 0 fully saturated rings. The minimum absolute atomic E-state index is 0.0674. The second-order valence-corrected chi connectivity index (χ2v) is 5.67. The summed E-state index contributed by atoms with van der Waals surface area (Å²) in [7, 11) is 0.